The Labute approximate surface area is 101 Å². The van der Waals surface area contributed by atoms with Crippen LogP contribution in [0.25, 0.3) is 0 Å². The molecule has 17 heavy (non-hydrogen) atoms. The minimum absolute atomic E-state index is 0.0864. The Bertz CT molecular complexity index is 494. The molecule has 2 aromatic carbocycles. The summed E-state index contributed by atoms with van der Waals surface area (Å²) in [4.78, 5) is 0. The van der Waals surface area contributed by atoms with Crippen LogP contribution in [0.3, 0.4) is 0 Å². The van der Waals surface area contributed by atoms with Gasteiger partial charge in [-0.25, -0.2) is 4.39 Å². The summed E-state index contributed by atoms with van der Waals surface area (Å²) < 4.78 is 13.1. The molecule has 2 heteroatoms. The fourth-order valence-corrected chi connectivity index (χ4v) is 1.88. The highest BCUT2D eigenvalue weighted by atomic mass is 19.1. The number of halogens is 1. The molecule has 0 fully saturated rings. The molecule has 0 aromatic heterocycles. The minimum Gasteiger partial charge on any atom is -0.324 e. The van der Waals surface area contributed by atoms with Crippen molar-refractivity contribution in [2.75, 3.05) is 0 Å². The Hall–Kier alpha value is -1.67. The standard InChI is InChI=1S/C15H16FN/c1-11-9-13(7-8-14(11)16)15(17)10-12-5-3-2-4-6-12/h2-9,15H,10,17H2,1H3. The van der Waals surface area contributed by atoms with Crippen LogP contribution in [0.1, 0.15) is 22.7 Å². The van der Waals surface area contributed by atoms with Crippen molar-refractivity contribution in [2.24, 2.45) is 5.73 Å². The number of benzene rings is 2. The lowest BCUT2D eigenvalue weighted by Crippen LogP contribution is -2.13. The van der Waals surface area contributed by atoms with E-state index in [1.54, 1.807) is 13.0 Å². The average molecular weight is 229 g/mol. The van der Waals surface area contributed by atoms with Crippen LogP contribution in [0.15, 0.2) is 48.5 Å². The topological polar surface area (TPSA) is 26.0 Å². The van der Waals surface area contributed by atoms with Gasteiger partial charge in [-0.15, -0.1) is 0 Å². The molecule has 0 spiro atoms. The molecule has 0 radical (unpaired) electrons. The fraction of sp³-hybridized carbons (Fsp3) is 0.200. The maximum atomic E-state index is 13.1. The molecule has 0 heterocycles. The van der Waals surface area contributed by atoms with Crippen molar-refractivity contribution < 1.29 is 4.39 Å². The third-order valence-corrected chi connectivity index (χ3v) is 2.91. The molecule has 1 unspecified atom stereocenters. The van der Waals surface area contributed by atoms with Gasteiger partial charge in [0.25, 0.3) is 0 Å². The molecule has 2 rings (SSSR count). The van der Waals surface area contributed by atoms with Crippen LogP contribution < -0.4 is 5.73 Å². The van der Waals surface area contributed by atoms with Crippen molar-refractivity contribution in [3.63, 3.8) is 0 Å². The van der Waals surface area contributed by atoms with Crippen molar-refractivity contribution in [2.45, 2.75) is 19.4 Å². The summed E-state index contributed by atoms with van der Waals surface area (Å²) in [5, 5.41) is 0. The second-order valence-electron chi connectivity index (χ2n) is 4.30. The maximum absolute atomic E-state index is 13.1. The van der Waals surface area contributed by atoms with Crippen LogP contribution in [0.4, 0.5) is 4.39 Å². The zero-order valence-corrected chi connectivity index (χ0v) is 9.86. The van der Waals surface area contributed by atoms with Crippen LogP contribution in [0.5, 0.6) is 0 Å². The van der Waals surface area contributed by atoms with Crippen molar-refractivity contribution in [1.82, 2.24) is 0 Å². The van der Waals surface area contributed by atoms with E-state index in [9.17, 15) is 4.39 Å². The predicted octanol–water partition coefficient (Wildman–Crippen LogP) is 3.38. The highest BCUT2D eigenvalue weighted by Crippen LogP contribution is 2.18. The third-order valence-electron chi connectivity index (χ3n) is 2.91. The Kier molecular flexibility index (Phi) is 3.55. The molecule has 2 N–H and O–H groups in total. The predicted molar refractivity (Wildman–Crippen MR) is 68.2 cm³/mol. The zero-order valence-electron chi connectivity index (χ0n) is 9.86. The van der Waals surface area contributed by atoms with Gasteiger partial charge in [0.15, 0.2) is 0 Å². The van der Waals surface area contributed by atoms with Gasteiger partial charge < -0.3 is 5.73 Å². The highest BCUT2D eigenvalue weighted by Gasteiger charge is 2.08. The van der Waals surface area contributed by atoms with E-state index in [1.807, 2.05) is 24.3 Å². The van der Waals surface area contributed by atoms with Gasteiger partial charge >= 0.3 is 0 Å². The second-order valence-corrected chi connectivity index (χ2v) is 4.30. The van der Waals surface area contributed by atoms with Crippen LogP contribution in [0, 0.1) is 12.7 Å². The largest absolute Gasteiger partial charge is 0.324 e. The molecule has 0 saturated heterocycles. The van der Waals surface area contributed by atoms with E-state index in [2.05, 4.69) is 12.1 Å². The minimum atomic E-state index is -0.180. The second kappa shape index (κ2) is 5.11. The summed E-state index contributed by atoms with van der Waals surface area (Å²) in [7, 11) is 0. The van der Waals surface area contributed by atoms with E-state index in [4.69, 9.17) is 5.73 Å². The van der Waals surface area contributed by atoms with E-state index in [1.165, 1.54) is 11.6 Å². The lowest BCUT2D eigenvalue weighted by Gasteiger charge is -2.13. The van der Waals surface area contributed by atoms with Crippen molar-refractivity contribution in [3.8, 4) is 0 Å². The van der Waals surface area contributed by atoms with Crippen LogP contribution in [-0.4, -0.2) is 0 Å². The zero-order chi connectivity index (χ0) is 12.3. The normalized spacial score (nSPS) is 12.4. The van der Waals surface area contributed by atoms with Crippen molar-refractivity contribution >= 4 is 0 Å². The smallest absolute Gasteiger partial charge is 0.126 e. The van der Waals surface area contributed by atoms with E-state index >= 15 is 0 Å². The van der Waals surface area contributed by atoms with Crippen LogP contribution in [0.2, 0.25) is 0 Å². The Balaban J connectivity index is 2.14. The number of rotatable bonds is 3. The van der Waals surface area contributed by atoms with Crippen LogP contribution >= 0.6 is 0 Å². The quantitative estimate of drug-likeness (QED) is 0.858. The molecule has 2 aromatic rings. The Morgan fingerprint density at radius 3 is 2.47 bits per heavy atom. The van der Waals surface area contributed by atoms with Gasteiger partial charge in [-0.05, 0) is 36.1 Å². The fourth-order valence-electron chi connectivity index (χ4n) is 1.88. The molecule has 1 nitrogen and oxygen atoms in total. The first kappa shape index (κ1) is 11.8. The van der Waals surface area contributed by atoms with Gasteiger partial charge in [0.2, 0.25) is 0 Å². The average Bonchev–Trinajstić information content (AvgIpc) is 2.34. The molecule has 0 aliphatic heterocycles. The van der Waals surface area contributed by atoms with E-state index in [-0.39, 0.29) is 11.9 Å². The first-order valence-electron chi connectivity index (χ1n) is 5.72. The molecular weight excluding hydrogens is 213 g/mol. The van der Waals surface area contributed by atoms with E-state index in [0.29, 0.717) is 5.56 Å². The molecular formula is C15H16FN. The first-order chi connectivity index (χ1) is 8.16. The summed E-state index contributed by atoms with van der Waals surface area (Å²) in [5.41, 5.74) is 8.94. The van der Waals surface area contributed by atoms with E-state index in [0.717, 1.165) is 12.0 Å². The summed E-state index contributed by atoms with van der Waals surface area (Å²) in [6.45, 7) is 1.76. The number of hydrogen-bond acceptors (Lipinski definition) is 1. The molecule has 0 aliphatic rings. The third kappa shape index (κ3) is 2.92. The van der Waals surface area contributed by atoms with Gasteiger partial charge in [-0.2, -0.15) is 0 Å². The lowest BCUT2D eigenvalue weighted by molar-refractivity contribution is 0.615. The monoisotopic (exact) mass is 229 g/mol. The Morgan fingerprint density at radius 2 is 1.82 bits per heavy atom. The summed E-state index contributed by atoms with van der Waals surface area (Å²) in [6.07, 6.45) is 0.770. The van der Waals surface area contributed by atoms with Crippen molar-refractivity contribution in [3.05, 3.63) is 71.0 Å². The molecule has 1 atom stereocenters. The molecule has 0 amide bonds. The molecule has 0 saturated carbocycles. The first-order valence-corrected chi connectivity index (χ1v) is 5.72. The van der Waals surface area contributed by atoms with Crippen molar-refractivity contribution in [1.29, 1.82) is 0 Å². The summed E-state index contributed by atoms with van der Waals surface area (Å²) in [5.74, 6) is -0.180. The Morgan fingerprint density at radius 1 is 1.12 bits per heavy atom. The summed E-state index contributed by atoms with van der Waals surface area (Å²) in [6, 6.07) is 15.1. The van der Waals surface area contributed by atoms with Gasteiger partial charge in [-0.3, -0.25) is 0 Å². The van der Waals surface area contributed by atoms with Gasteiger partial charge in [-0.1, -0.05) is 42.5 Å². The number of aryl methyl sites for hydroxylation is 1. The molecule has 0 aliphatic carbocycles. The van der Waals surface area contributed by atoms with Gasteiger partial charge in [0, 0.05) is 6.04 Å². The van der Waals surface area contributed by atoms with Crippen LogP contribution in [-0.2, 0) is 6.42 Å². The van der Waals surface area contributed by atoms with E-state index < -0.39 is 0 Å². The summed E-state index contributed by atoms with van der Waals surface area (Å²) >= 11 is 0. The van der Waals surface area contributed by atoms with Gasteiger partial charge in [0.05, 0.1) is 0 Å². The maximum Gasteiger partial charge on any atom is 0.126 e. The SMILES string of the molecule is Cc1cc(C(N)Cc2ccccc2)ccc1F. The van der Waals surface area contributed by atoms with Gasteiger partial charge in [0.1, 0.15) is 5.82 Å². The molecule has 0 bridgehead atoms. The lowest BCUT2D eigenvalue weighted by atomic mass is 9.98. The highest BCUT2D eigenvalue weighted by molar-refractivity contribution is 5.28. The number of nitrogens with two attached hydrogens (primary N) is 1. The molecule has 88 valence electrons. The number of hydrogen-bond donors (Lipinski definition) is 1.